The number of carboxylic acid groups (broad SMARTS) is 1. The second-order valence-corrected chi connectivity index (χ2v) is 3.86. The maximum absolute atomic E-state index is 9.00. The van der Waals surface area contributed by atoms with Gasteiger partial charge in [-0.15, -0.1) is 0 Å². The molecule has 2 rings (SSSR count). The molecule has 16 heavy (non-hydrogen) atoms. The Morgan fingerprint density at radius 2 is 1.56 bits per heavy atom. The summed E-state index contributed by atoms with van der Waals surface area (Å²) in [5, 5.41) is 12.3. The summed E-state index contributed by atoms with van der Waals surface area (Å²) in [6.45, 7) is 1.08. The molecular weight excluding hydrogens is 244 g/mol. The molecule has 0 spiro atoms. The molecule has 0 atom stereocenters. The fourth-order valence-electron chi connectivity index (χ4n) is 0.641. The van der Waals surface area contributed by atoms with Crippen LogP contribution in [0, 0.1) is 0 Å². The fraction of sp³-hybridized carbons (Fsp3) is 0.0833. The molecule has 1 N–H and O–H groups in total. The van der Waals surface area contributed by atoms with Gasteiger partial charge < -0.3 is 5.11 Å². The van der Waals surface area contributed by atoms with Gasteiger partial charge in [0.15, 0.2) is 0 Å². The van der Waals surface area contributed by atoms with E-state index >= 15 is 0 Å². The van der Waals surface area contributed by atoms with Gasteiger partial charge in [-0.05, 0) is 22.9 Å². The van der Waals surface area contributed by atoms with Crippen molar-refractivity contribution in [3.63, 3.8) is 0 Å². The second-order valence-electron chi connectivity index (χ2n) is 2.61. The average Bonchev–Trinajstić information content (AvgIpc) is 2.75. The van der Waals surface area contributed by atoms with Gasteiger partial charge in [-0.3, -0.25) is 4.79 Å². The summed E-state index contributed by atoms with van der Waals surface area (Å²) in [4.78, 5) is 9.00. The van der Waals surface area contributed by atoms with Crippen LogP contribution in [0.1, 0.15) is 6.92 Å². The molecule has 0 aliphatic heterocycles. The number of hydrogen-bond donors (Lipinski definition) is 1. The van der Waals surface area contributed by atoms with Crippen molar-refractivity contribution in [2.75, 3.05) is 0 Å². The standard InChI is InChI=1S/C6H5Cl.C4H4S.C2H4O2/c7-6-4-2-1-3-5-6;1-2-4-5-3-1;1-2(3)4/h1-5H;1-4H;1H3,(H,3,4). The number of carbonyl (C=O) groups is 1. The van der Waals surface area contributed by atoms with Crippen LogP contribution in [0.3, 0.4) is 0 Å². The summed E-state index contributed by atoms with van der Waals surface area (Å²) in [6.07, 6.45) is 0. The number of thiophene rings is 1. The molecule has 2 aromatic rings. The number of carboxylic acids is 1. The van der Waals surface area contributed by atoms with E-state index in [1.807, 2.05) is 53.2 Å². The normalized spacial score (nSPS) is 7.88. The second kappa shape index (κ2) is 10.2. The number of benzene rings is 1. The van der Waals surface area contributed by atoms with Crippen LogP contribution in [0.25, 0.3) is 0 Å². The van der Waals surface area contributed by atoms with Gasteiger partial charge in [0.25, 0.3) is 5.97 Å². The first-order valence-corrected chi connectivity index (χ1v) is 5.82. The summed E-state index contributed by atoms with van der Waals surface area (Å²) >= 11 is 7.25. The van der Waals surface area contributed by atoms with E-state index in [9.17, 15) is 0 Å². The molecule has 0 saturated heterocycles. The Morgan fingerprint density at radius 1 is 1.12 bits per heavy atom. The smallest absolute Gasteiger partial charge is 0.300 e. The van der Waals surface area contributed by atoms with Gasteiger partial charge in [0.2, 0.25) is 0 Å². The zero-order valence-corrected chi connectivity index (χ0v) is 10.4. The Morgan fingerprint density at radius 3 is 1.75 bits per heavy atom. The van der Waals surface area contributed by atoms with Crippen LogP contribution in [0.5, 0.6) is 0 Å². The molecule has 86 valence electrons. The quantitative estimate of drug-likeness (QED) is 0.768. The molecule has 1 heterocycles. The van der Waals surface area contributed by atoms with Crippen molar-refractivity contribution in [1.29, 1.82) is 0 Å². The first kappa shape index (κ1) is 14.7. The molecule has 1 aromatic carbocycles. The summed E-state index contributed by atoms with van der Waals surface area (Å²) in [5.74, 6) is -0.833. The van der Waals surface area contributed by atoms with Gasteiger partial charge in [0.1, 0.15) is 0 Å². The molecule has 4 heteroatoms. The summed E-state index contributed by atoms with van der Waals surface area (Å²) < 4.78 is 0. The summed E-state index contributed by atoms with van der Waals surface area (Å²) in [5.41, 5.74) is 0. The van der Waals surface area contributed by atoms with E-state index in [1.54, 1.807) is 11.3 Å². The minimum absolute atomic E-state index is 0.794. The monoisotopic (exact) mass is 256 g/mol. The molecular formula is C12H13ClO2S. The number of hydrogen-bond acceptors (Lipinski definition) is 2. The minimum Gasteiger partial charge on any atom is -0.481 e. The van der Waals surface area contributed by atoms with Crippen LogP contribution in [0.15, 0.2) is 53.2 Å². The van der Waals surface area contributed by atoms with E-state index in [0.717, 1.165) is 11.9 Å². The highest BCUT2D eigenvalue weighted by atomic mass is 35.5. The number of rotatable bonds is 0. The third-order valence-corrected chi connectivity index (χ3v) is 2.04. The van der Waals surface area contributed by atoms with E-state index in [0.29, 0.717) is 0 Å². The van der Waals surface area contributed by atoms with Crippen molar-refractivity contribution in [3.05, 3.63) is 58.2 Å². The van der Waals surface area contributed by atoms with Crippen molar-refractivity contribution >= 4 is 28.9 Å². The Labute approximate surface area is 104 Å². The highest BCUT2D eigenvalue weighted by molar-refractivity contribution is 7.07. The Balaban J connectivity index is 0.000000222. The van der Waals surface area contributed by atoms with Crippen molar-refractivity contribution in [2.45, 2.75) is 6.92 Å². The van der Waals surface area contributed by atoms with Crippen molar-refractivity contribution < 1.29 is 9.90 Å². The van der Waals surface area contributed by atoms with Crippen LogP contribution in [-0.4, -0.2) is 11.1 Å². The summed E-state index contributed by atoms with van der Waals surface area (Å²) in [6, 6.07) is 13.5. The van der Waals surface area contributed by atoms with E-state index in [2.05, 4.69) is 0 Å². The lowest BCUT2D eigenvalue weighted by Crippen LogP contribution is -1.78. The van der Waals surface area contributed by atoms with Crippen LogP contribution in [-0.2, 0) is 4.79 Å². The predicted molar refractivity (Wildman–Crippen MR) is 69.1 cm³/mol. The van der Waals surface area contributed by atoms with Crippen LogP contribution >= 0.6 is 22.9 Å². The Bertz CT molecular complexity index is 339. The van der Waals surface area contributed by atoms with Crippen LogP contribution in [0.2, 0.25) is 5.02 Å². The maximum Gasteiger partial charge on any atom is 0.300 e. The molecule has 1 aromatic heterocycles. The van der Waals surface area contributed by atoms with Gasteiger partial charge in [0.05, 0.1) is 0 Å². The largest absolute Gasteiger partial charge is 0.481 e. The molecule has 0 aliphatic carbocycles. The van der Waals surface area contributed by atoms with Gasteiger partial charge in [-0.25, -0.2) is 0 Å². The zero-order valence-electron chi connectivity index (χ0n) is 8.84. The molecule has 0 saturated carbocycles. The minimum atomic E-state index is -0.833. The zero-order chi connectivity index (χ0) is 12.2. The van der Waals surface area contributed by atoms with E-state index in [-0.39, 0.29) is 0 Å². The highest BCUT2D eigenvalue weighted by Crippen LogP contribution is 2.03. The lowest BCUT2D eigenvalue weighted by atomic mass is 10.4. The third kappa shape index (κ3) is 12.7. The molecule has 0 amide bonds. The van der Waals surface area contributed by atoms with Crippen molar-refractivity contribution in [2.24, 2.45) is 0 Å². The Hall–Kier alpha value is -1.32. The first-order chi connectivity index (χ1) is 7.63. The van der Waals surface area contributed by atoms with Crippen LogP contribution < -0.4 is 0 Å². The fourth-order valence-corrected chi connectivity index (χ4v) is 1.24. The van der Waals surface area contributed by atoms with Crippen molar-refractivity contribution in [1.82, 2.24) is 0 Å². The lowest BCUT2D eigenvalue weighted by Gasteiger charge is -1.80. The predicted octanol–water partition coefficient (Wildman–Crippen LogP) is 4.18. The molecule has 0 aliphatic rings. The third-order valence-electron chi connectivity index (χ3n) is 1.16. The maximum atomic E-state index is 9.00. The number of halogens is 1. The highest BCUT2D eigenvalue weighted by Gasteiger charge is 1.74. The SMILES string of the molecule is CC(=O)O.Clc1ccccc1.c1ccsc1. The van der Waals surface area contributed by atoms with Gasteiger partial charge in [0, 0.05) is 11.9 Å². The molecule has 0 fully saturated rings. The molecule has 0 radical (unpaired) electrons. The van der Waals surface area contributed by atoms with E-state index in [1.165, 1.54) is 0 Å². The molecule has 2 nitrogen and oxygen atoms in total. The average molecular weight is 257 g/mol. The van der Waals surface area contributed by atoms with Crippen molar-refractivity contribution in [3.8, 4) is 0 Å². The van der Waals surface area contributed by atoms with Gasteiger partial charge in [-0.1, -0.05) is 41.9 Å². The Kier molecular flexibility index (Phi) is 9.36. The first-order valence-electron chi connectivity index (χ1n) is 4.50. The van der Waals surface area contributed by atoms with E-state index < -0.39 is 5.97 Å². The van der Waals surface area contributed by atoms with Gasteiger partial charge >= 0.3 is 0 Å². The summed E-state index contributed by atoms with van der Waals surface area (Å²) in [7, 11) is 0. The molecule has 0 unspecified atom stereocenters. The van der Waals surface area contributed by atoms with Crippen LogP contribution in [0.4, 0.5) is 0 Å². The number of aliphatic carboxylic acids is 1. The van der Waals surface area contributed by atoms with Gasteiger partial charge in [-0.2, -0.15) is 11.3 Å². The molecule has 0 bridgehead atoms. The topological polar surface area (TPSA) is 37.3 Å². The van der Waals surface area contributed by atoms with E-state index in [4.69, 9.17) is 21.5 Å². The lowest BCUT2D eigenvalue weighted by molar-refractivity contribution is -0.134.